The Balaban J connectivity index is 1.89. The molecule has 1 aliphatic heterocycles. The third-order valence-electron chi connectivity index (χ3n) is 3.48. The molecular formula is C13H17N5. The molecule has 0 amide bonds. The van der Waals surface area contributed by atoms with Crippen LogP contribution in [0.15, 0.2) is 24.3 Å². The molecule has 0 aliphatic carbocycles. The molecule has 1 unspecified atom stereocenters. The second-order valence-electron chi connectivity index (χ2n) is 4.79. The van der Waals surface area contributed by atoms with Crippen LogP contribution in [0.5, 0.6) is 0 Å². The molecule has 5 nitrogen and oxygen atoms in total. The fourth-order valence-corrected chi connectivity index (χ4v) is 2.45. The fourth-order valence-electron chi connectivity index (χ4n) is 2.45. The summed E-state index contributed by atoms with van der Waals surface area (Å²) in [5, 5.41) is 8.45. The number of para-hydroxylation sites is 1. The van der Waals surface area contributed by atoms with Gasteiger partial charge in [0, 0.05) is 13.1 Å². The first-order valence-corrected chi connectivity index (χ1v) is 6.41. The Morgan fingerprint density at radius 2 is 2.06 bits per heavy atom. The first-order valence-electron chi connectivity index (χ1n) is 6.41. The van der Waals surface area contributed by atoms with Gasteiger partial charge in [-0.1, -0.05) is 12.1 Å². The van der Waals surface area contributed by atoms with E-state index in [-0.39, 0.29) is 0 Å². The van der Waals surface area contributed by atoms with Crippen molar-refractivity contribution in [2.75, 3.05) is 24.5 Å². The Bertz CT molecular complexity index is 542. The minimum absolute atomic E-state index is 0.550. The van der Waals surface area contributed by atoms with E-state index in [1.807, 2.05) is 24.3 Å². The number of anilines is 1. The lowest BCUT2D eigenvalue weighted by Gasteiger charge is -2.31. The monoisotopic (exact) mass is 243 g/mol. The average Bonchev–Trinajstić information content (AvgIpc) is 2.47. The second-order valence-corrected chi connectivity index (χ2v) is 4.79. The number of nitrogens with zero attached hydrogens (tertiary/aromatic N) is 4. The lowest BCUT2D eigenvalue weighted by molar-refractivity contribution is 0.419. The molecule has 0 radical (unpaired) electrons. The predicted octanol–water partition coefficient (Wildman–Crippen LogP) is 1.20. The van der Waals surface area contributed by atoms with E-state index in [2.05, 4.69) is 20.1 Å². The van der Waals surface area contributed by atoms with Crippen LogP contribution in [0.4, 0.5) is 5.95 Å². The highest BCUT2D eigenvalue weighted by Gasteiger charge is 2.21. The summed E-state index contributed by atoms with van der Waals surface area (Å²) in [5.41, 5.74) is 7.49. The predicted molar refractivity (Wildman–Crippen MR) is 71.3 cm³/mol. The van der Waals surface area contributed by atoms with E-state index in [9.17, 15) is 0 Å². The normalized spacial score (nSPS) is 20.3. The fraction of sp³-hybridized carbons (Fsp3) is 0.462. The van der Waals surface area contributed by atoms with Crippen LogP contribution in [0.2, 0.25) is 0 Å². The van der Waals surface area contributed by atoms with Crippen molar-refractivity contribution in [2.45, 2.75) is 12.8 Å². The first kappa shape index (κ1) is 11.3. The zero-order valence-corrected chi connectivity index (χ0v) is 10.3. The van der Waals surface area contributed by atoms with Crippen molar-refractivity contribution >= 4 is 17.0 Å². The summed E-state index contributed by atoms with van der Waals surface area (Å²) < 4.78 is 0. The third-order valence-corrected chi connectivity index (χ3v) is 3.48. The highest BCUT2D eigenvalue weighted by atomic mass is 15.3. The lowest BCUT2D eigenvalue weighted by atomic mass is 9.99. The minimum atomic E-state index is 0.550. The van der Waals surface area contributed by atoms with Gasteiger partial charge in [0.15, 0.2) is 0 Å². The quantitative estimate of drug-likeness (QED) is 0.858. The number of fused-ring (bicyclic) bond motifs is 1. The maximum absolute atomic E-state index is 5.75. The number of rotatable bonds is 2. The SMILES string of the molecule is NCC1CCCN(c2nnc3ccccc3n2)C1. The van der Waals surface area contributed by atoms with Crippen LogP contribution in [-0.2, 0) is 0 Å². The second kappa shape index (κ2) is 4.86. The number of hydrogen-bond donors (Lipinski definition) is 1. The molecule has 1 fully saturated rings. The van der Waals surface area contributed by atoms with Gasteiger partial charge in [-0.25, -0.2) is 4.98 Å². The van der Waals surface area contributed by atoms with Gasteiger partial charge in [-0.15, -0.1) is 10.2 Å². The van der Waals surface area contributed by atoms with Gasteiger partial charge in [0.05, 0.1) is 5.52 Å². The van der Waals surface area contributed by atoms with Crippen molar-refractivity contribution in [3.05, 3.63) is 24.3 Å². The van der Waals surface area contributed by atoms with Gasteiger partial charge in [-0.3, -0.25) is 0 Å². The van der Waals surface area contributed by atoms with Gasteiger partial charge in [-0.2, -0.15) is 0 Å². The summed E-state index contributed by atoms with van der Waals surface area (Å²) in [5.74, 6) is 1.28. The molecule has 0 spiro atoms. The molecule has 2 N–H and O–H groups in total. The van der Waals surface area contributed by atoms with Crippen LogP contribution in [0, 0.1) is 5.92 Å². The van der Waals surface area contributed by atoms with Crippen LogP contribution in [-0.4, -0.2) is 34.8 Å². The van der Waals surface area contributed by atoms with Crippen molar-refractivity contribution in [1.29, 1.82) is 0 Å². The van der Waals surface area contributed by atoms with Gasteiger partial charge in [0.1, 0.15) is 5.52 Å². The topological polar surface area (TPSA) is 67.9 Å². The highest BCUT2D eigenvalue weighted by Crippen LogP contribution is 2.20. The van der Waals surface area contributed by atoms with Crippen molar-refractivity contribution in [1.82, 2.24) is 15.2 Å². The largest absolute Gasteiger partial charge is 0.339 e. The molecule has 0 saturated carbocycles. The van der Waals surface area contributed by atoms with Gasteiger partial charge in [-0.05, 0) is 37.4 Å². The van der Waals surface area contributed by atoms with Crippen LogP contribution in [0.3, 0.4) is 0 Å². The number of benzene rings is 1. The van der Waals surface area contributed by atoms with Crippen LogP contribution in [0.25, 0.3) is 11.0 Å². The van der Waals surface area contributed by atoms with E-state index in [4.69, 9.17) is 5.73 Å². The maximum atomic E-state index is 5.75. The van der Waals surface area contributed by atoms with Crippen LogP contribution < -0.4 is 10.6 Å². The standard InChI is InChI=1S/C13H17N5/c14-8-10-4-3-7-18(9-10)13-15-11-5-1-2-6-12(11)16-17-13/h1-2,5-6,10H,3-4,7-9,14H2. The summed E-state index contributed by atoms with van der Waals surface area (Å²) in [4.78, 5) is 6.77. The molecule has 3 rings (SSSR count). The van der Waals surface area contributed by atoms with Gasteiger partial charge in [0.2, 0.25) is 5.95 Å². The first-order chi connectivity index (χ1) is 8.86. The Hall–Kier alpha value is -1.75. The molecule has 1 aromatic carbocycles. The number of nitrogens with two attached hydrogens (primary N) is 1. The number of piperidine rings is 1. The zero-order valence-electron chi connectivity index (χ0n) is 10.3. The molecule has 2 aromatic rings. The average molecular weight is 243 g/mol. The molecule has 2 heterocycles. The van der Waals surface area contributed by atoms with Crippen LogP contribution >= 0.6 is 0 Å². The summed E-state index contributed by atoms with van der Waals surface area (Å²) in [7, 11) is 0. The van der Waals surface area contributed by atoms with Crippen molar-refractivity contribution in [3.63, 3.8) is 0 Å². The van der Waals surface area contributed by atoms with Crippen molar-refractivity contribution in [2.24, 2.45) is 11.7 Å². The molecule has 5 heteroatoms. The van der Waals surface area contributed by atoms with Gasteiger partial charge >= 0.3 is 0 Å². The minimum Gasteiger partial charge on any atom is -0.339 e. The summed E-state index contributed by atoms with van der Waals surface area (Å²) in [6.45, 7) is 2.67. The zero-order chi connectivity index (χ0) is 12.4. The van der Waals surface area contributed by atoms with E-state index >= 15 is 0 Å². The molecule has 1 aromatic heterocycles. The lowest BCUT2D eigenvalue weighted by Crippen LogP contribution is -2.39. The number of hydrogen-bond acceptors (Lipinski definition) is 5. The highest BCUT2D eigenvalue weighted by molar-refractivity contribution is 5.74. The molecule has 1 aliphatic rings. The Labute approximate surface area is 106 Å². The van der Waals surface area contributed by atoms with Crippen LogP contribution in [0.1, 0.15) is 12.8 Å². The van der Waals surface area contributed by atoms with Crippen molar-refractivity contribution < 1.29 is 0 Å². The van der Waals surface area contributed by atoms with E-state index in [0.717, 1.165) is 43.0 Å². The molecule has 18 heavy (non-hydrogen) atoms. The molecule has 1 saturated heterocycles. The maximum Gasteiger partial charge on any atom is 0.245 e. The summed E-state index contributed by atoms with van der Waals surface area (Å²) in [6.07, 6.45) is 2.35. The van der Waals surface area contributed by atoms with E-state index in [1.54, 1.807) is 0 Å². The van der Waals surface area contributed by atoms with E-state index in [1.165, 1.54) is 6.42 Å². The Morgan fingerprint density at radius 3 is 2.89 bits per heavy atom. The molecule has 1 atom stereocenters. The summed E-state index contributed by atoms with van der Waals surface area (Å²) in [6, 6.07) is 7.82. The molecular weight excluding hydrogens is 226 g/mol. The number of aromatic nitrogens is 3. The van der Waals surface area contributed by atoms with E-state index < -0.39 is 0 Å². The molecule has 0 bridgehead atoms. The molecule has 94 valence electrons. The third kappa shape index (κ3) is 2.13. The van der Waals surface area contributed by atoms with Gasteiger partial charge < -0.3 is 10.6 Å². The summed E-state index contributed by atoms with van der Waals surface area (Å²) >= 11 is 0. The Morgan fingerprint density at radius 1 is 1.22 bits per heavy atom. The van der Waals surface area contributed by atoms with Gasteiger partial charge in [0.25, 0.3) is 0 Å². The Kier molecular flexibility index (Phi) is 3.06. The van der Waals surface area contributed by atoms with Crippen molar-refractivity contribution in [3.8, 4) is 0 Å². The van der Waals surface area contributed by atoms with E-state index in [0.29, 0.717) is 5.92 Å². The smallest absolute Gasteiger partial charge is 0.245 e.